The van der Waals surface area contributed by atoms with Gasteiger partial charge in [0.1, 0.15) is 11.5 Å². The number of ether oxygens (including phenoxy) is 2. The van der Waals surface area contributed by atoms with Crippen LogP contribution in [0.25, 0.3) is 11.3 Å². The molecule has 3 heterocycles. The number of methoxy groups -OCH3 is 1. The lowest BCUT2D eigenvalue weighted by molar-refractivity contribution is -0.125. The molecule has 0 aliphatic carbocycles. The predicted octanol–water partition coefficient (Wildman–Crippen LogP) is 3.92. The fourth-order valence-electron chi connectivity index (χ4n) is 3.36. The van der Waals surface area contributed by atoms with Crippen LogP contribution in [-0.4, -0.2) is 35.9 Å². The largest absolute Gasteiger partial charge is 0.479 e. The van der Waals surface area contributed by atoms with Gasteiger partial charge in [0, 0.05) is 30.0 Å². The van der Waals surface area contributed by atoms with Crippen LogP contribution >= 0.6 is 11.3 Å². The zero-order valence-electron chi connectivity index (χ0n) is 16.9. The normalized spacial score (nSPS) is 16.1. The van der Waals surface area contributed by atoms with Crippen molar-refractivity contribution < 1.29 is 18.8 Å². The Kier molecular flexibility index (Phi) is 5.38. The van der Waals surface area contributed by atoms with Crippen LogP contribution in [0.4, 0.5) is 5.69 Å². The number of aromatic nitrogens is 2. The van der Waals surface area contributed by atoms with E-state index in [1.807, 2.05) is 37.4 Å². The first-order valence-corrected chi connectivity index (χ1v) is 10.3. The first-order chi connectivity index (χ1) is 14.0. The van der Waals surface area contributed by atoms with Crippen LogP contribution in [-0.2, 0) is 22.5 Å². The van der Waals surface area contributed by atoms with Crippen molar-refractivity contribution in [3.8, 4) is 17.0 Å². The van der Waals surface area contributed by atoms with E-state index in [2.05, 4.69) is 5.16 Å². The van der Waals surface area contributed by atoms with Gasteiger partial charge in [-0.25, -0.2) is 4.98 Å². The minimum absolute atomic E-state index is 0.0892. The number of hydrogen-bond donors (Lipinski definition) is 0. The molecular formula is C21H23N3O4S. The van der Waals surface area contributed by atoms with Crippen LogP contribution in [0.2, 0.25) is 0 Å². The van der Waals surface area contributed by atoms with Crippen LogP contribution < -0.4 is 9.64 Å². The fourth-order valence-corrected chi connectivity index (χ4v) is 4.15. The summed E-state index contributed by atoms with van der Waals surface area (Å²) in [5.74, 6) is 1.31. The number of fused-ring (bicyclic) bond motifs is 1. The molecule has 3 aromatic rings. The molecule has 1 amide bonds. The number of rotatable bonds is 6. The SMILES string of the molecule is COCCc1nc(-c2ccc3c(c2)N(Cc2c(C)noc2C)C(=O)C(C)O3)cs1. The molecule has 0 fully saturated rings. The number of aryl methyl sites for hydroxylation is 2. The van der Waals surface area contributed by atoms with Crippen molar-refractivity contribution in [1.82, 2.24) is 10.1 Å². The molecule has 0 bridgehead atoms. The van der Waals surface area contributed by atoms with E-state index in [-0.39, 0.29) is 5.91 Å². The Hall–Kier alpha value is -2.71. The van der Waals surface area contributed by atoms with E-state index in [9.17, 15) is 4.79 Å². The minimum Gasteiger partial charge on any atom is -0.479 e. The number of nitrogens with zero attached hydrogens (tertiary/aromatic N) is 3. The van der Waals surface area contributed by atoms with E-state index in [1.165, 1.54) is 0 Å². The highest BCUT2D eigenvalue weighted by atomic mass is 32.1. The van der Waals surface area contributed by atoms with Crippen molar-refractivity contribution >= 4 is 22.9 Å². The van der Waals surface area contributed by atoms with Crippen molar-refractivity contribution in [2.24, 2.45) is 0 Å². The Balaban J connectivity index is 1.70. The van der Waals surface area contributed by atoms with Gasteiger partial charge in [-0.05, 0) is 39.0 Å². The fraction of sp³-hybridized carbons (Fsp3) is 0.381. The molecule has 0 radical (unpaired) electrons. The maximum Gasteiger partial charge on any atom is 0.268 e. The molecule has 1 aromatic carbocycles. The highest BCUT2D eigenvalue weighted by Crippen LogP contribution is 2.39. The van der Waals surface area contributed by atoms with E-state index in [1.54, 1.807) is 30.3 Å². The van der Waals surface area contributed by atoms with Crippen molar-refractivity contribution in [2.75, 3.05) is 18.6 Å². The molecule has 4 rings (SSSR count). The summed E-state index contributed by atoms with van der Waals surface area (Å²) >= 11 is 1.61. The number of hydrogen-bond acceptors (Lipinski definition) is 7. The number of amides is 1. The van der Waals surface area contributed by atoms with Crippen LogP contribution in [0.3, 0.4) is 0 Å². The summed E-state index contributed by atoms with van der Waals surface area (Å²) in [6.07, 6.45) is 0.234. The quantitative estimate of drug-likeness (QED) is 0.610. The zero-order chi connectivity index (χ0) is 20.5. The molecule has 1 unspecified atom stereocenters. The summed E-state index contributed by atoms with van der Waals surface area (Å²) < 4.78 is 16.2. The van der Waals surface area contributed by atoms with E-state index in [4.69, 9.17) is 19.0 Å². The first kappa shape index (κ1) is 19.6. The standard InChI is InChI=1S/C21H23N3O4S/c1-12-16(13(2)28-23-12)10-24-18-9-15(5-6-19(18)27-14(3)21(24)25)17-11-29-20(22-17)7-8-26-4/h5-6,9,11,14H,7-8,10H2,1-4H3. The average Bonchev–Trinajstić information content (AvgIpc) is 3.31. The maximum absolute atomic E-state index is 12.9. The van der Waals surface area contributed by atoms with Crippen molar-refractivity contribution in [2.45, 2.75) is 39.8 Å². The highest BCUT2D eigenvalue weighted by molar-refractivity contribution is 7.09. The second-order valence-corrected chi connectivity index (χ2v) is 7.98. The number of anilines is 1. The smallest absolute Gasteiger partial charge is 0.268 e. The molecule has 1 aliphatic heterocycles. The van der Waals surface area contributed by atoms with Gasteiger partial charge < -0.3 is 18.9 Å². The van der Waals surface area contributed by atoms with Gasteiger partial charge in [-0.1, -0.05) is 5.16 Å². The molecule has 0 spiro atoms. The molecule has 1 atom stereocenters. The third-order valence-corrected chi connectivity index (χ3v) is 5.94. The summed E-state index contributed by atoms with van der Waals surface area (Å²) in [5.41, 5.74) is 4.26. The monoisotopic (exact) mass is 413 g/mol. The summed E-state index contributed by atoms with van der Waals surface area (Å²) in [6, 6.07) is 5.85. The Bertz CT molecular complexity index is 1020. The lowest BCUT2D eigenvalue weighted by atomic mass is 10.1. The molecule has 7 nitrogen and oxygen atoms in total. The van der Waals surface area contributed by atoms with Gasteiger partial charge in [0.15, 0.2) is 6.10 Å². The van der Waals surface area contributed by atoms with Gasteiger partial charge in [0.2, 0.25) is 0 Å². The molecule has 29 heavy (non-hydrogen) atoms. The molecule has 0 N–H and O–H groups in total. The van der Waals surface area contributed by atoms with Gasteiger partial charge in [-0.2, -0.15) is 0 Å². The second-order valence-electron chi connectivity index (χ2n) is 7.04. The van der Waals surface area contributed by atoms with Gasteiger partial charge in [0.25, 0.3) is 5.91 Å². The highest BCUT2D eigenvalue weighted by Gasteiger charge is 2.33. The number of benzene rings is 1. The van der Waals surface area contributed by atoms with Gasteiger partial charge in [0.05, 0.1) is 35.2 Å². The minimum atomic E-state index is -0.547. The topological polar surface area (TPSA) is 77.7 Å². The van der Waals surface area contributed by atoms with E-state index in [0.29, 0.717) is 18.9 Å². The van der Waals surface area contributed by atoms with E-state index in [0.717, 1.165) is 45.4 Å². The van der Waals surface area contributed by atoms with Crippen LogP contribution in [0.1, 0.15) is 28.9 Å². The third kappa shape index (κ3) is 3.77. The number of carbonyl (C=O) groups is 1. The zero-order valence-corrected chi connectivity index (χ0v) is 17.7. The second kappa shape index (κ2) is 7.96. The first-order valence-electron chi connectivity index (χ1n) is 9.45. The summed E-state index contributed by atoms with van der Waals surface area (Å²) in [4.78, 5) is 19.4. The van der Waals surface area contributed by atoms with Crippen LogP contribution in [0, 0.1) is 13.8 Å². The Morgan fingerprint density at radius 1 is 1.31 bits per heavy atom. The molecule has 152 valence electrons. The summed E-state index contributed by atoms with van der Waals surface area (Å²) in [7, 11) is 1.68. The van der Waals surface area contributed by atoms with Crippen molar-refractivity contribution in [3.05, 3.63) is 45.6 Å². The Labute approximate surface area is 173 Å². The molecule has 0 saturated carbocycles. The summed E-state index contributed by atoms with van der Waals surface area (Å²) in [5, 5.41) is 7.06. The Morgan fingerprint density at radius 3 is 2.86 bits per heavy atom. The van der Waals surface area contributed by atoms with Gasteiger partial charge in [-0.15, -0.1) is 11.3 Å². The van der Waals surface area contributed by atoms with Crippen LogP contribution in [0.15, 0.2) is 28.1 Å². The molecule has 1 aliphatic rings. The summed E-state index contributed by atoms with van der Waals surface area (Å²) in [6.45, 7) is 6.54. The molecule has 8 heteroatoms. The maximum atomic E-state index is 12.9. The van der Waals surface area contributed by atoms with Gasteiger partial charge in [-0.3, -0.25) is 4.79 Å². The lowest BCUT2D eigenvalue weighted by Gasteiger charge is -2.33. The third-order valence-electron chi connectivity index (χ3n) is 5.03. The molecule has 2 aromatic heterocycles. The lowest BCUT2D eigenvalue weighted by Crippen LogP contribution is -2.44. The average molecular weight is 413 g/mol. The van der Waals surface area contributed by atoms with Gasteiger partial charge >= 0.3 is 0 Å². The molecular weight excluding hydrogens is 390 g/mol. The van der Waals surface area contributed by atoms with Crippen LogP contribution in [0.5, 0.6) is 5.75 Å². The van der Waals surface area contributed by atoms with E-state index < -0.39 is 6.10 Å². The Morgan fingerprint density at radius 2 is 2.14 bits per heavy atom. The van der Waals surface area contributed by atoms with Crippen molar-refractivity contribution in [1.29, 1.82) is 0 Å². The van der Waals surface area contributed by atoms with E-state index >= 15 is 0 Å². The number of carbonyl (C=O) groups excluding carboxylic acids is 1. The van der Waals surface area contributed by atoms with Crippen molar-refractivity contribution in [3.63, 3.8) is 0 Å². The predicted molar refractivity (Wildman–Crippen MR) is 110 cm³/mol. The number of thiazole rings is 1. The molecule has 0 saturated heterocycles.